The van der Waals surface area contributed by atoms with Crippen molar-refractivity contribution < 1.29 is 9.59 Å². The van der Waals surface area contributed by atoms with Crippen molar-refractivity contribution in [2.75, 3.05) is 6.54 Å². The Labute approximate surface area is 188 Å². The zero-order chi connectivity index (χ0) is 21.7. The zero-order valence-electron chi connectivity index (χ0n) is 18.3. The summed E-state index contributed by atoms with van der Waals surface area (Å²) < 4.78 is 0. The fraction of sp³-hybridized carbons (Fsp3) is 0.407. The predicted molar refractivity (Wildman–Crippen MR) is 124 cm³/mol. The molecule has 1 aliphatic carbocycles. The minimum Gasteiger partial charge on any atom is -0.356 e. The van der Waals surface area contributed by atoms with Crippen LogP contribution in [0.3, 0.4) is 0 Å². The molecule has 0 unspecified atom stereocenters. The number of piperazine rings is 1. The van der Waals surface area contributed by atoms with Crippen molar-refractivity contribution in [3.05, 3.63) is 71.4 Å². The molecule has 164 valence electrons. The highest BCUT2D eigenvalue weighted by molar-refractivity contribution is 5.97. The Bertz CT molecular complexity index is 1160. The fourth-order valence-electron chi connectivity index (χ4n) is 6.18. The van der Waals surface area contributed by atoms with Gasteiger partial charge in [0.25, 0.3) is 0 Å². The van der Waals surface area contributed by atoms with Crippen LogP contribution in [0.5, 0.6) is 0 Å². The van der Waals surface area contributed by atoms with Gasteiger partial charge in [0.2, 0.25) is 11.8 Å². The van der Waals surface area contributed by atoms with Gasteiger partial charge in [-0.05, 0) is 42.9 Å². The van der Waals surface area contributed by atoms with E-state index in [1.807, 2.05) is 21.9 Å². The van der Waals surface area contributed by atoms with Crippen LogP contribution in [-0.4, -0.2) is 45.2 Å². The number of hydrogen-bond acceptors (Lipinski definition) is 2. The third-order valence-electron chi connectivity index (χ3n) is 7.73. The summed E-state index contributed by atoms with van der Waals surface area (Å²) in [7, 11) is 0. The molecule has 3 aromatic rings. The van der Waals surface area contributed by atoms with Gasteiger partial charge in [-0.1, -0.05) is 61.4 Å². The van der Waals surface area contributed by atoms with E-state index in [2.05, 4.69) is 47.4 Å². The molecular weight excluding hydrogens is 398 g/mol. The maximum absolute atomic E-state index is 13.7. The molecule has 5 nitrogen and oxygen atoms in total. The first-order valence-electron chi connectivity index (χ1n) is 12.0. The van der Waals surface area contributed by atoms with Crippen LogP contribution in [0.25, 0.3) is 10.9 Å². The topological polar surface area (TPSA) is 56.4 Å². The fourth-order valence-corrected chi connectivity index (χ4v) is 6.18. The number of H-pyrrole nitrogens is 1. The second kappa shape index (κ2) is 7.80. The quantitative estimate of drug-likeness (QED) is 0.672. The number of aryl methyl sites for hydroxylation is 1. The number of carbonyl (C=O) groups is 2. The van der Waals surface area contributed by atoms with Gasteiger partial charge in [0.15, 0.2) is 0 Å². The van der Waals surface area contributed by atoms with E-state index < -0.39 is 0 Å². The molecular formula is C27H29N3O2. The maximum Gasteiger partial charge on any atom is 0.246 e. The Kier molecular flexibility index (Phi) is 4.78. The number of benzene rings is 2. The lowest BCUT2D eigenvalue weighted by Gasteiger charge is -2.48. The Hall–Kier alpha value is -3.08. The van der Waals surface area contributed by atoms with Gasteiger partial charge >= 0.3 is 0 Å². The van der Waals surface area contributed by atoms with E-state index in [1.54, 1.807) is 0 Å². The molecule has 1 N–H and O–H groups in total. The predicted octanol–water partition coefficient (Wildman–Crippen LogP) is 4.38. The molecule has 2 fully saturated rings. The summed E-state index contributed by atoms with van der Waals surface area (Å²) in [5, 5.41) is 1.19. The normalized spacial score (nSPS) is 23.6. The molecule has 2 aromatic carbocycles. The number of aromatic amines is 1. The summed E-state index contributed by atoms with van der Waals surface area (Å²) in [6, 6.07) is 18.5. The van der Waals surface area contributed by atoms with E-state index >= 15 is 0 Å². The smallest absolute Gasteiger partial charge is 0.246 e. The Morgan fingerprint density at radius 2 is 1.69 bits per heavy atom. The van der Waals surface area contributed by atoms with Gasteiger partial charge in [-0.3, -0.25) is 9.59 Å². The van der Waals surface area contributed by atoms with Crippen molar-refractivity contribution >= 4 is 22.7 Å². The van der Waals surface area contributed by atoms with Crippen LogP contribution in [0.2, 0.25) is 0 Å². The van der Waals surface area contributed by atoms with Crippen LogP contribution in [0.1, 0.15) is 55.0 Å². The summed E-state index contributed by atoms with van der Waals surface area (Å²) in [5.74, 6) is 0.251. The van der Waals surface area contributed by atoms with Crippen molar-refractivity contribution in [2.45, 2.75) is 63.1 Å². The van der Waals surface area contributed by atoms with E-state index in [0.717, 1.165) is 49.7 Å². The molecule has 2 atom stereocenters. The number of hydrogen-bond donors (Lipinski definition) is 1. The molecule has 5 heteroatoms. The minimum atomic E-state index is -0.385. The SMILES string of the molecule is O=C1[C@@H]2Cc3c([nH]c4ccccc34)[C@@H](CCc3ccccc3)N2C(=O)CN1C1CCCC1. The van der Waals surface area contributed by atoms with Crippen molar-refractivity contribution in [2.24, 2.45) is 0 Å². The van der Waals surface area contributed by atoms with Gasteiger partial charge in [0.05, 0.1) is 6.04 Å². The molecule has 3 heterocycles. The van der Waals surface area contributed by atoms with Crippen LogP contribution in [0.15, 0.2) is 54.6 Å². The molecule has 0 spiro atoms. The van der Waals surface area contributed by atoms with Crippen molar-refractivity contribution in [1.29, 1.82) is 0 Å². The molecule has 6 rings (SSSR count). The summed E-state index contributed by atoms with van der Waals surface area (Å²) in [4.78, 5) is 34.7. The van der Waals surface area contributed by atoms with Crippen molar-refractivity contribution in [3.63, 3.8) is 0 Å². The van der Waals surface area contributed by atoms with Gasteiger partial charge in [-0.15, -0.1) is 0 Å². The molecule has 1 saturated carbocycles. The third kappa shape index (κ3) is 3.14. The van der Waals surface area contributed by atoms with Crippen molar-refractivity contribution in [3.8, 4) is 0 Å². The molecule has 1 aromatic heterocycles. The van der Waals surface area contributed by atoms with Crippen LogP contribution in [-0.2, 0) is 22.4 Å². The number of para-hydroxylation sites is 1. The number of nitrogens with one attached hydrogen (secondary N) is 1. The highest BCUT2D eigenvalue weighted by Crippen LogP contribution is 2.42. The lowest BCUT2D eigenvalue weighted by atomic mass is 9.86. The van der Waals surface area contributed by atoms with Gasteiger partial charge in [-0.25, -0.2) is 0 Å². The summed E-state index contributed by atoms with van der Waals surface area (Å²) in [6.07, 6.45) is 6.66. The second-order valence-corrected chi connectivity index (χ2v) is 9.53. The van der Waals surface area contributed by atoms with Gasteiger partial charge in [-0.2, -0.15) is 0 Å². The van der Waals surface area contributed by atoms with Gasteiger partial charge in [0.1, 0.15) is 12.6 Å². The molecule has 0 bridgehead atoms. The first kappa shape index (κ1) is 19.6. The molecule has 2 amide bonds. The van der Waals surface area contributed by atoms with E-state index in [9.17, 15) is 9.59 Å². The van der Waals surface area contributed by atoms with E-state index in [-0.39, 0.29) is 36.5 Å². The zero-order valence-corrected chi connectivity index (χ0v) is 18.3. The number of rotatable bonds is 4. The standard InChI is InChI=1S/C27H29N3O2/c31-25-17-29(19-10-4-5-11-19)27(32)24-16-21-20-12-6-7-13-22(20)28-26(21)23(30(24)25)15-14-18-8-2-1-3-9-18/h1-3,6-9,12-13,19,23-24,28H,4-5,10-11,14-17H2/t23-,24+/m1/s1. The first-order chi connectivity index (χ1) is 15.7. The van der Waals surface area contributed by atoms with E-state index in [1.165, 1.54) is 16.5 Å². The lowest BCUT2D eigenvalue weighted by molar-refractivity contribution is -0.162. The molecule has 2 aliphatic heterocycles. The monoisotopic (exact) mass is 427 g/mol. The second-order valence-electron chi connectivity index (χ2n) is 9.53. The third-order valence-corrected chi connectivity index (χ3v) is 7.73. The largest absolute Gasteiger partial charge is 0.356 e. The average molecular weight is 428 g/mol. The number of aromatic nitrogens is 1. The van der Waals surface area contributed by atoms with Crippen LogP contribution >= 0.6 is 0 Å². The minimum absolute atomic E-state index is 0.0986. The molecule has 32 heavy (non-hydrogen) atoms. The van der Waals surface area contributed by atoms with Gasteiger partial charge in [0, 0.05) is 29.1 Å². The molecule has 0 radical (unpaired) electrons. The average Bonchev–Trinajstić information content (AvgIpc) is 3.48. The maximum atomic E-state index is 13.7. The van der Waals surface area contributed by atoms with E-state index in [4.69, 9.17) is 0 Å². The molecule has 3 aliphatic rings. The lowest BCUT2D eigenvalue weighted by Crippen LogP contribution is -2.64. The summed E-state index contributed by atoms with van der Waals surface area (Å²) >= 11 is 0. The van der Waals surface area contributed by atoms with E-state index in [0.29, 0.717) is 6.42 Å². The Morgan fingerprint density at radius 1 is 0.938 bits per heavy atom. The molecule has 1 saturated heterocycles. The number of carbonyl (C=O) groups excluding carboxylic acids is 2. The summed E-state index contributed by atoms with van der Waals surface area (Å²) in [6.45, 7) is 0.234. The highest BCUT2D eigenvalue weighted by Gasteiger charge is 2.48. The summed E-state index contributed by atoms with van der Waals surface area (Å²) in [5.41, 5.74) is 4.69. The first-order valence-corrected chi connectivity index (χ1v) is 12.0. The highest BCUT2D eigenvalue weighted by atomic mass is 16.2. The van der Waals surface area contributed by atoms with Crippen LogP contribution < -0.4 is 0 Å². The van der Waals surface area contributed by atoms with Crippen LogP contribution in [0, 0.1) is 0 Å². The Balaban J connectivity index is 1.40. The number of amides is 2. The van der Waals surface area contributed by atoms with Crippen LogP contribution in [0.4, 0.5) is 0 Å². The number of fused-ring (bicyclic) bond motifs is 4. The van der Waals surface area contributed by atoms with Gasteiger partial charge < -0.3 is 14.8 Å². The number of nitrogens with zero attached hydrogens (tertiary/aromatic N) is 2. The Morgan fingerprint density at radius 3 is 2.50 bits per heavy atom. The van der Waals surface area contributed by atoms with Crippen molar-refractivity contribution in [1.82, 2.24) is 14.8 Å².